The number of carbonyl (C=O) groups excluding carboxylic acids is 2. The second kappa shape index (κ2) is 5.60. The Morgan fingerprint density at radius 3 is 2.67 bits per heavy atom. The third kappa shape index (κ3) is 1.91. The van der Waals surface area contributed by atoms with Crippen LogP contribution in [0.25, 0.3) is 5.69 Å². The van der Waals surface area contributed by atoms with Crippen LogP contribution < -0.4 is 10.6 Å². The van der Waals surface area contributed by atoms with Crippen LogP contribution in [0.2, 0.25) is 0 Å². The molecule has 0 aliphatic carbocycles. The molecule has 7 nitrogen and oxygen atoms in total. The number of nitrogens with one attached hydrogen (secondary N) is 2. The number of fused-ring (bicyclic) bond motifs is 5. The minimum Gasteiger partial charge on any atom is -0.456 e. The molecule has 30 heavy (non-hydrogen) atoms. The first kappa shape index (κ1) is 17.0. The number of amides is 1. The summed E-state index contributed by atoms with van der Waals surface area (Å²) < 4.78 is 7.17. The molecule has 0 fully saturated rings. The molecule has 4 heterocycles. The Hall–Kier alpha value is -3.87. The number of anilines is 2. The summed E-state index contributed by atoms with van der Waals surface area (Å²) in [6, 6.07) is 15.5. The fourth-order valence-corrected chi connectivity index (χ4v) is 4.91. The number of ether oxygens (including phenoxy) is 1. The molecule has 2 N–H and O–H groups in total. The smallest absolute Gasteiger partial charge is 0.338 e. The van der Waals surface area contributed by atoms with Crippen LogP contribution in [0.15, 0.2) is 59.8 Å². The van der Waals surface area contributed by atoms with E-state index in [2.05, 4.69) is 10.6 Å². The van der Waals surface area contributed by atoms with Gasteiger partial charge in [0.25, 0.3) is 0 Å². The molecule has 6 rings (SSSR count). The number of hydrogen-bond donors (Lipinski definition) is 2. The number of rotatable bonds is 1. The standard InChI is InChI=1S/C23H18N4O3/c1-12-8-9-16-15(10-12)23(22(29)25-16)18-13(2)26-27(14-6-4-3-5-7-14)20(18)24-17-11-30-21(28)19(17)23/h3-10,24H,11H2,1-2H3,(H,25,29). The lowest BCUT2D eigenvalue weighted by Crippen LogP contribution is -2.43. The topological polar surface area (TPSA) is 85.2 Å². The molecule has 0 saturated heterocycles. The Kier molecular flexibility index (Phi) is 3.18. The van der Waals surface area contributed by atoms with Gasteiger partial charge in [-0.2, -0.15) is 5.10 Å². The number of esters is 1. The summed E-state index contributed by atoms with van der Waals surface area (Å²) in [7, 11) is 0. The van der Waals surface area contributed by atoms with Crippen molar-refractivity contribution >= 4 is 23.4 Å². The zero-order valence-electron chi connectivity index (χ0n) is 16.4. The summed E-state index contributed by atoms with van der Waals surface area (Å²) in [4.78, 5) is 26.5. The number of cyclic esters (lactones) is 1. The molecule has 7 heteroatoms. The van der Waals surface area contributed by atoms with Crippen molar-refractivity contribution in [1.82, 2.24) is 9.78 Å². The molecule has 3 aromatic rings. The van der Waals surface area contributed by atoms with E-state index in [-0.39, 0.29) is 12.5 Å². The Bertz CT molecular complexity index is 1310. The van der Waals surface area contributed by atoms with Gasteiger partial charge in [-0.25, -0.2) is 9.48 Å². The number of para-hydroxylation sites is 1. The lowest BCUT2D eigenvalue weighted by atomic mass is 9.67. The largest absolute Gasteiger partial charge is 0.456 e. The number of carbonyl (C=O) groups is 2. The minimum atomic E-state index is -1.29. The van der Waals surface area contributed by atoms with Crippen LogP contribution >= 0.6 is 0 Å². The Balaban J connectivity index is 1.74. The normalized spacial score (nSPS) is 21.1. The molecule has 3 aliphatic heterocycles. The minimum absolute atomic E-state index is 0.100. The van der Waals surface area contributed by atoms with E-state index in [0.717, 1.165) is 16.8 Å². The van der Waals surface area contributed by atoms with E-state index >= 15 is 0 Å². The second-order valence-corrected chi connectivity index (χ2v) is 7.86. The van der Waals surface area contributed by atoms with Gasteiger partial charge in [0.2, 0.25) is 5.91 Å². The molecule has 2 aromatic carbocycles. The predicted molar refractivity (Wildman–Crippen MR) is 110 cm³/mol. The molecule has 1 unspecified atom stereocenters. The van der Waals surface area contributed by atoms with Gasteiger partial charge in [-0.15, -0.1) is 0 Å². The van der Waals surface area contributed by atoms with Gasteiger partial charge in [-0.3, -0.25) is 4.79 Å². The molecule has 148 valence electrons. The zero-order valence-corrected chi connectivity index (χ0v) is 16.4. The van der Waals surface area contributed by atoms with Gasteiger partial charge in [0.05, 0.1) is 22.7 Å². The highest BCUT2D eigenvalue weighted by atomic mass is 16.5. The summed E-state index contributed by atoms with van der Waals surface area (Å²) in [6.07, 6.45) is 0. The monoisotopic (exact) mass is 398 g/mol. The first-order valence-corrected chi connectivity index (χ1v) is 9.77. The van der Waals surface area contributed by atoms with Crippen LogP contribution in [0.5, 0.6) is 0 Å². The lowest BCUT2D eigenvalue weighted by molar-refractivity contribution is -0.137. The van der Waals surface area contributed by atoms with Crippen molar-refractivity contribution in [1.29, 1.82) is 0 Å². The molecule has 0 radical (unpaired) electrons. The molecule has 3 aliphatic rings. The molecule has 1 atom stereocenters. The molecule has 1 aromatic heterocycles. The van der Waals surface area contributed by atoms with Crippen molar-refractivity contribution in [3.05, 3.63) is 82.2 Å². The third-order valence-corrected chi connectivity index (χ3v) is 6.10. The van der Waals surface area contributed by atoms with Crippen molar-refractivity contribution in [3.63, 3.8) is 0 Å². The highest BCUT2D eigenvalue weighted by Gasteiger charge is 2.61. The van der Waals surface area contributed by atoms with Crippen LogP contribution in [0.4, 0.5) is 11.5 Å². The second-order valence-electron chi connectivity index (χ2n) is 7.86. The Morgan fingerprint density at radius 1 is 1.07 bits per heavy atom. The summed E-state index contributed by atoms with van der Waals surface area (Å²) >= 11 is 0. The van der Waals surface area contributed by atoms with Gasteiger partial charge in [0.1, 0.15) is 17.8 Å². The van der Waals surface area contributed by atoms with Gasteiger partial charge >= 0.3 is 5.97 Å². The number of aryl methyl sites for hydroxylation is 2. The van der Waals surface area contributed by atoms with E-state index < -0.39 is 11.4 Å². The lowest BCUT2D eigenvalue weighted by Gasteiger charge is -2.33. The number of nitrogens with zero attached hydrogens (tertiary/aromatic N) is 2. The van der Waals surface area contributed by atoms with E-state index in [4.69, 9.17) is 9.84 Å². The highest BCUT2D eigenvalue weighted by molar-refractivity contribution is 6.19. The van der Waals surface area contributed by atoms with Crippen molar-refractivity contribution < 1.29 is 14.3 Å². The quantitative estimate of drug-likeness (QED) is 0.616. The number of benzene rings is 2. The summed E-state index contributed by atoms with van der Waals surface area (Å²) in [5.41, 5.74) is 4.37. The highest BCUT2D eigenvalue weighted by Crippen LogP contribution is 2.55. The van der Waals surface area contributed by atoms with Gasteiger partial charge < -0.3 is 15.4 Å². The van der Waals surface area contributed by atoms with E-state index in [0.29, 0.717) is 34.0 Å². The van der Waals surface area contributed by atoms with Gasteiger partial charge in [0, 0.05) is 16.8 Å². The van der Waals surface area contributed by atoms with Gasteiger partial charge in [-0.1, -0.05) is 35.9 Å². The maximum atomic E-state index is 13.7. The van der Waals surface area contributed by atoms with E-state index in [1.165, 1.54) is 0 Å². The average Bonchev–Trinajstić information content (AvgIpc) is 3.37. The maximum Gasteiger partial charge on any atom is 0.338 e. The van der Waals surface area contributed by atoms with Crippen molar-refractivity contribution in [2.75, 3.05) is 17.2 Å². The van der Waals surface area contributed by atoms with E-state index in [9.17, 15) is 9.59 Å². The fraction of sp³-hybridized carbons (Fsp3) is 0.174. The van der Waals surface area contributed by atoms with Crippen molar-refractivity contribution in [3.8, 4) is 5.69 Å². The third-order valence-electron chi connectivity index (χ3n) is 6.10. The number of aromatic nitrogens is 2. The molecule has 1 amide bonds. The summed E-state index contributed by atoms with van der Waals surface area (Å²) in [5, 5.41) is 11.1. The van der Waals surface area contributed by atoms with Gasteiger partial charge in [0.15, 0.2) is 0 Å². The maximum absolute atomic E-state index is 13.7. The molecule has 0 bridgehead atoms. The van der Waals surface area contributed by atoms with Crippen LogP contribution in [0.3, 0.4) is 0 Å². The van der Waals surface area contributed by atoms with Crippen molar-refractivity contribution in [2.45, 2.75) is 19.3 Å². The van der Waals surface area contributed by atoms with Crippen LogP contribution in [0, 0.1) is 13.8 Å². The zero-order chi connectivity index (χ0) is 20.6. The van der Waals surface area contributed by atoms with Gasteiger partial charge in [-0.05, 0) is 32.0 Å². The molecule has 0 saturated carbocycles. The van der Waals surface area contributed by atoms with Crippen LogP contribution in [0.1, 0.15) is 22.4 Å². The predicted octanol–water partition coefficient (Wildman–Crippen LogP) is 2.96. The molecular weight excluding hydrogens is 380 g/mol. The fourth-order valence-electron chi connectivity index (χ4n) is 4.91. The number of hydrogen-bond acceptors (Lipinski definition) is 5. The molecule has 1 spiro atoms. The average molecular weight is 398 g/mol. The summed E-state index contributed by atoms with van der Waals surface area (Å²) in [6.45, 7) is 3.94. The van der Waals surface area contributed by atoms with E-state index in [1.54, 1.807) is 4.68 Å². The van der Waals surface area contributed by atoms with Crippen molar-refractivity contribution in [2.24, 2.45) is 0 Å². The van der Waals surface area contributed by atoms with Crippen LogP contribution in [-0.4, -0.2) is 28.3 Å². The Morgan fingerprint density at radius 2 is 1.87 bits per heavy atom. The van der Waals surface area contributed by atoms with E-state index in [1.807, 2.05) is 62.4 Å². The SMILES string of the molecule is Cc1ccc2c(c1)C1(C(=O)N2)C2=C(COC2=O)Nc2c1c(C)nn2-c1ccccc1. The first-order chi connectivity index (χ1) is 14.5. The van der Waals surface area contributed by atoms with Crippen LogP contribution in [-0.2, 0) is 19.7 Å². The first-order valence-electron chi connectivity index (χ1n) is 9.77. The molecular formula is C23H18N4O3. The Labute approximate surface area is 172 Å². The summed E-state index contributed by atoms with van der Waals surface area (Å²) in [5.74, 6) is -0.0484.